The third-order valence-electron chi connectivity index (χ3n) is 8.21. The third kappa shape index (κ3) is 40.7. The summed E-state index contributed by atoms with van der Waals surface area (Å²) < 4.78 is 32.5. The minimum absolute atomic E-state index is 0.0163. The Balaban J connectivity index is 4.62. The number of rotatable bonds is 38. The van der Waals surface area contributed by atoms with E-state index in [0.29, 0.717) is 25.7 Å². The Morgan fingerprint density at radius 2 is 0.950 bits per heavy atom. The summed E-state index contributed by atoms with van der Waals surface area (Å²) in [5.74, 6) is -2.58. The molecule has 0 heterocycles. The summed E-state index contributed by atoms with van der Waals surface area (Å²) in [5, 5.41) is 8.89. The zero-order valence-corrected chi connectivity index (χ0v) is 37.1. The second-order valence-corrected chi connectivity index (χ2v) is 15.2. The van der Waals surface area contributed by atoms with Gasteiger partial charge in [-0.05, 0) is 89.9 Å². The van der Waals surface area contributed by atoms with Crippen molar-refractivity contribution in [3.63, 3.8) is 0 Å². The van der Waals surface area contributed by atoms with Gasteiger partial charge in [0.15, 0.2) is 6.10 Å². The summed E-state index contributed by atoms with van der Waals surface area (Å²) in [6.07, 6.45) is 55.7. The number of allylic oxidation sites excluding steroid dienone is 20. The van der Waals surface area contributed by atoms with Gasteiger partial charge in [0.25, 0.3) is 0 Å². The van der Waals surface area contributed by atoms with Gasteiger partial charge in [0.1, 0.15) is 12.6 Å². The number of aliphatic carboxylic acids is 1. The van der Waals surface area contributed by atoms with Crippen LogP contribution in [0.2, 0.25) is 0 Å². The van der Waals surface area contributed by atoms with Gasteiger partial charge in [-0.3, -0.25) is 23.4 Å². The Bertz CT molecular complexity index is 1470. The lowest BCUT2D eigenvalue weighted by atomic mass is 10.2. The van der Waals surface area contributed by atoms with Crippen LogP contribution in [0.5, 0.6) is 0 Å². The predicted octanol–water partition coefficient (Wildman–Crippen LogP) is 11.6. The maximum absolute atomic E-state index is 12.6. The normalized spacial score (nSPS) is 14.9. The van der Waals surface area contributed by atoms with Crippen molar-refractivity contribution in [3.8, 4) is 0 Å². The zero-order valence-electron chi connectivity index (χ0n) is 36.2. The molecule has 0 aliphatic heterocycles. The van der Waals surface area contributed by atoms with Crippen molar-refractivity contribution in [2.75, 3.05) is 19.8 Å². The molecule has 0 bridgehead atoms. The van der Waals surface area contributed by atoms with Gasteiger partial charge in [-0.1, -0.05) is 148 Å². The molecule has 0 fully saturated rings. The van der Waals surface area contributed by atoms with Crippen molar-refractivity contribution in [1.82, 2.24) is 0 Å². The Morgan fingerprint density at radius 3 is 1.40 bits per heavy atom. The highest BCUT2D eigenvalue weighted by atomic mass is 31.2. The predicted molar refractivity (Wildman–Crippen MR) is 244 cm³/mol. The standard InChI is InChI=1S/C48H74NO10P/c1-3-5-7-9-11-13-15-17-19-21-22-24-26-28-30-32-34-36-38-40-47(51)59-44(42-57-60(54,55)58-43-45(49)48(52)53)41-56-46(50)39-37-35-33-31-29-27-25-23-20-18-16-14-12-10-8-6-4-2/h5,7,11-14,17-20,22,24-25,27-28,30-31,33-34,36,44-45H,3-4,6,8-10,15-16,21,23,26,29,32,35,37-43,49H2,1-2H3,(H,52,53)(H,54,55)/b7-5+,13-11+,14-12+,19-17+,20-18+,24-22+,27-25+,30-28+,33-31+,36-34+/t44-,45+/m1/s1. The first-order valence-corrected chi connectivity index (χ1v) is 23.1. The van der Waals surface area contributed by atoms with Crippen molar-refractivity contribution in [1.29, 1.82) is 0 Å². The lowest BCUT2D eigenvalue weighted by Gasteiger charge is -2.20. The highest BCUT2D eigenvalue weighted by Gasteiger charge is 2.28. The molecule has 336 valence electrons. The van der Waals surface area contributed by atoms with E-state index in [2.05, 4.69) is 110 Å². The molecule has 0 saturated heterocycles. The van der Waals surface area contributed by atoms with Crippen LogP contribution >= 0.6 is 7.82 Å². The molecular weight excluding hydrogens is 781 g/mol. The summed E-state index contributed by atoms with van der Waals surface area (Å²) >= 11 is 0. The molecule has 0 spiro atoms. The number of unbranched alkanes of at least 4 members (excludes halogenated alkanes) is 4. The molecule has 3 atom stereocenters. The highest BCUT2D eigenvalue weighted by Crippen LogP contribution is 2.43. The largest absolute Gasteiger partial charge is 0.480 e. The van der Waals surface area contributed by atoms with Gasteiger partial charge < -0.3 is 25.2 Å². The van der Waals surface area contributed by atoms with E-state index in [0.717, 1.165) is 57.8 Å². The molecule has 60 heavy (non-hydrogen) atoms. The van der Waals surface area contributed by atoms with E-state index in [9.17, 15) is 23.8 Å². The number of ether oxygens (including phenoxy) is 2. The number of phosphoric ester groups is 1. The molecule has 0 aliphatic carbocycles. The van der Waals surface area contributed by atoms with Crippen molar-refractivity contribution in [2.45, 2.75) is 142 Å². The van der Waals surface area contributed by atoms with E-state index in [1.54, 1.807) is 0 Å². The summed E-state index contributed by atoms with van der Waals surface area (Å²) in [6, 6.07) is -1.55. The van der Waals surface area contributed by atoms with Crippen LogP contribution in [-0.4, -0.2) is 59.9 Å². The van der Waals surface area contributed by atoms with Crippen LogP contribution in [0.15, 0.2) is 122 Å². The smallest absolute Gasteiger partial charge is 0.472 e. The van der Waals surface area contributed by atoms with E-state index < -0.39 is 57.7 Å². The van der Waals surface area contributed by atoms with E-state index in [1.165, 1.54) is 19.3 Å². The minimum Gasteiger partial charge on any atom is -0.480 e. The number of nitrogens with two attached hydrogens (primary N) is 1. The van der Waals surface area contributed by atoms with Gasteiger partial charge in [-0.2, -0.15) is 0 Å². The van der Waals surface area contributed by atoms with E-state index >= 15 is 0 Å². The Labute approximate surface area is 360 Å². The summed E-state index contributed by atoms with van der Waals surface area (Å²) in [7, 11) is -4.76. The molecule has 4 N–H and O–H groups in total. The Hall–Kier alpha value is -4.12. The van der Waals surface area contributed by atoms with E-state index in [4.69, 9.17) is 24.8 Å². The summed E-state index contributed by atoms with van der Waals surface area (Å²) in [6.45, 7) is 2.50. The number of carbonyl (C=O) groups is 3. The molecule has 0 aliphatic rings. The van der Waals surface area contributed by atoms with Crippen LogP contribution in [0, 0.1) is 0 Å². The number of carboxylic acids is 1. The zero-order chi connectivity index (χ0) is 44.2. The summed E-state index contributed by atoms with van der Waals surface area (Å²) in [4.78, 5) is 45.9. The first-order chi connectivity index (χ1) is 29.1. The average Bonchev–Trinajstić information content (AvgIpc) is 3.22. The minimum atomic E-state index is -4.76. The molecular formula is C48H74NO10P. The van der Waals surface area contributed by atoms with Gasteiger partial charge in [0.2, 0.25) is 0 Å². The van der Waals surface area contributed by atoms with Gasteiger partial charge in [-0.25, -0.2) is 4.57 Å². The second-order valence-electron chi connectivity index (χ2n) is 13.7. The Kier molecular flexibility index (Phi) is 38.8. The second kappa shape index (κ2) is 41.6. The molecule has 11 nitrogen and oxygen atoms in total. The lowest BCUT2D eigenvalue weighted by Crippen LogP contribution is -2.34. The maximum atomic E-state index is 12.6. The van der Waals surface area contributed by atoms with Crippen molar-refractivity contribution >= 4 is 25.7 Å². The average molecular weight is 856 g/mol. The van der Waals surface area contributed by atoms with Crippen LogP contribution in [0.1, 0.15) is 129 Å². The quantitative estimate of drug-likeness (QED) is 0.0233. The van der Waals surface area contributed by atoms with Crippen LogP contribution in [0.4, 0.5) is 0 Å². The van der Waals surface area contributed by atoms with Gasteiger partial charge in [0.05, 0.1) is 13.2 Å². The molecule has 0 rings (SSSR count). The van der Waals surface area contributed by atoms with Crippen molar-refractivity contribution in [3.05, 3.63) is 122 Å². The van der Waals surface area contributed by atoms with Gasteiger partial charge in [-0.15, -0.1) is 0 Å². The molecule has 12 heteroatoms. The number of carboxylic acid groups (broad SMARTS) is 1. The third-order valence-corrected chi connectivity index (χ3v) is 9.16. The van der Waals surface area contributed by atoms with Crippen molar-refractivity contribution in [2.24, 2.45) is 5.73 Å². The molecule has 1 unspecified atom stereocenters. The fourth-order valence-electron chi connectivity index (χ4n) is 4.85. The maximum Gasteiger partial charge on any atom is 0.472 e. The van der Waals surface area contributed by atoms with Crippen molar-refractivity contribution < 1.29 is 47.5 Å². The topological polar surface area (TPSA) is 172 Å². The monoisotopic (exact) mass is 856 g/mol. The Morgan fingerprint density at radius 1 is 0.533 bits per heavy atom. The SMILES string of the molecule is CC/C=C/C/C=C/C/C=C/C/C=C/C/C=C/C/C=C/CCC(=O)O[C@H](COC(=O)CCC/C=C/C/C=C/C/C=C/C/C=C/CCCCC)COP(=O)(O)OC[C@H](N)C(=O)O. The van der Waals surface area contributed by atoms with Gasteiger partial charge >= 0.3 is 25.7 Å². The number of phosphoric acid groups is 1. The van der Waals surface area contributed by atoms with Crippen LogP contribution in [0.3, 0.4) is 0 Å². The first kappa shape index (κ1) is 55.9. The van der Waals surface area contributed by atoms with Gasteiger partial charge in [0, 0.05) is 12.8 Å². The molecule has 0 saturated carbocycles. The molecule has 0 aromatic heterocycles. The number of carbonyl (C=O) groups excluding carboxylic acids is 2. The fourth-order valence-corrected chi connectivity index (χ4v) is 5.62. The highest BCUT2D eigenvalue weighted by molar-refractivity contribution is 7.47. The van der Waals surface area contributed by atoms with Crippen LogP contribution < -0.4 is 5.73 Å². The molecule has 0 aromatic carbocycles. The van der Waals surface area contributed by atoms with Crippen LogP contribution in [-0.2, 0) is 37.5 Å². The number of hydrogen-bond donors (Lipinski definition) is 3. The number of esters is 2. The van der Waals surface area contributed by atoms with Crippen LogP contribution in [0.25, 0.3) is 0 Å². The molecule has 0 amide bonds. The number of hydrogen-bond acceptors (Lipinski definition) is 9. The molecule has 0 aromatic rings. The van der Waals surface area contributed by atoms with E-state index in [-0.39, 0.29) is 12.8 Å². The van der Waals surface area contributed by atoms with E-state index in [1.807, 2.05) is 30.4 Å². The first-order valence-electron chi connectivity index (χ1n) is 21.6. The molecule has 0 radical (unpaired) electrons. The lowest BCUT2D eigenvalue weighted by molar-refractivity contribution is -0.161. The fraction of sp³-hybridized carbons (Fsp3) is 0.521. The summed E-state index contributed by atoms with van der Waals surface area (Å²) in [5.41, 5.74) is 5.32.